The molecule has 0 unspecified atom stereocenters. The van der Waals surface area contributed by atoms with Crippen molar-refractivity contribution < 1.29 is 28.2 Å². The Kier molecular flexibility index (Phi) is 12.1. The number of aryl methyl sites for hydroxylation is 1. The predicted molar refractivity (Wildman–Crippen MR) is 247 cm³/mol. The van der Waals surface area contributed by atoms with Gasteiger partial charge in [-0.2, -0.15) is 9.97 Å². The number of hydrogen-bond donors (Lipinski definition) is 4. The molecule has 3 aliphatic carbocycles. The van der Waals surface area contributed by atoms with E-state index in [0.717, 1.165) is 74.4 Å². The first-order valence-corrected chi connectivity index (χ1v) is 22.4. The van der Waals surface area contributed by atoms with Crippen molar-refractivity contribution in [3.8, 4) is 17.2 Å². The van der Waals surface area contributed by atoms with Crippen LogP contribution in [0.5, 0.6) is 17.2 Å². The smallest absolute Gasteiger partial charge is 0.229 e. The van der Waals surface area contributed by atoms with Gasteiger partial charge in [0, 0.05) is 74.2 Å². The lowest BCUT2D eigenvalue weighted by Crippen LogP contribution is -2.56. The zero-order chi connectivity index (χ0) is 44.9. The van der Waals surface area contributed by atoms with Crippen LogP contribution in [0.25, 0.3) is 11.0 Å². The molecule has 64 heavy (non-hydrogen) atoms. The van der Waals surface area contributed by atoms with Crippen molar-refractivity contribution in [2.24, 2.45) is 17.8 Å². The van der Waals surface area contributed by atoms with Gasteiger partial charge in [0.25, 0.3) is 0 Å². The average Bonchev–Trinajstić information content (AvgIpc) is 3.91. The van der Waals surface area contributed by atoms with E-state index in [-0.39, 0.29) is 41.0 Å². The Bertz CT molecular complexity index is 2620. The number of halogens is 2. The van der Waals surface area contributed by atoms with Crippen molar-refractivity contribution in [2.45, 2.75) is 56.5 Å². The van der Waals surface area contributed by atoms with Crippen LogP contribution in [-0.2, 0) is 35.2 Å². The highest BCUT2D eigenvalue weighted by molar-refractivity contribution is 6.33. The van der Waals surface area contributed by atoms with Crippen LogP contribution in [0.1, 0.15) is 47.3 Å². The number of carbonyl (C=O) groups is 1. The second-order valence-electron chi connectivity index (χ2n) is 17.3. The summed E-state index contributed by atoms with van der Waals surface area (Å²) in [5, 5.41) is 8.86. The third kappa shape index (κ3) is 7.98. The van der Waals surface area contributed by atoms with E-state index in [1.165, 1.54) is 11.1 Å². The summed E-state index contributed by atoms with van der Waals surface area (Å²) in [7, 11) is 8.35. The van der Waals surface area contributed by atoms with Crippen LogP contribution in [0.15, 0.2) is 52.2 Å². The number of allylic oxidation sites excluding steroid dienone is 1. The van der Waals surface area contributed by atoms with Crippen molar-refractivity contribution in [2.75, 3.05) is 83.8 Å². The maximum absolute atomic E-state index is 14.4. The van der Waals surface area contributed by atoms with Gasteiger partial charge in [-0.1, -0.05) is 35.3 Å². The number of ether oxygens (including phenoxy) is 4. The van der Waals surface area contributed by atoms with Crippen LogP contribution in [0.3, 0.4) is 0 Å². The Balaban J connectivity index is 1.08. The van der Waals surface area contributed by atoms with Gasteiger partial charge in [0.05, 0.1) is 57.9 Å². The molecular formula is C46H54Cl2N10O6. The first kappa shape index (κ1) is 43.7. The molecule has 0 spiro atoms. The fourth-order valence-corrected chi connectivity index (χ4v) is 11.1. The standard InChI is InChI=1S/C46H54Cl2N10O6/c1-57(2)43(59)37-26-17-32(33(47)18-26)46(37,21-29-20-31-25(16-27-22-51-44(50)54-41(27)49)19-36(60-3)40(62-5)39(31)64-29)56-42-34(48)23-52-45(55-42)53-35-11-7-24-6-8-28(58-12-14-63-15-13-58)9-10-30(24)38(35)61-4/h7,11,18-20,22-23,26,28,32,37H,6,8-10,12-17,21H2,1-5H3,(H4,49,50,51,54)(H2,52,53,55,56)/t26-,28+,32+,37-,46+/m1/s1. The highest BCUT2D eigenvalue weighted by Crippen LogP contribution is 2.58. The van der Waals surface area contributed by atoms with Crippen LogP contribution in [0.4, 0.5) is 29.2 Å². The zero-order valence-electron chi connectivity index (χ0n) is 36.7. The number of methoxy groups -OCH3 is 3. The van der Waals surface area contributed by atoms with Crippen LogP contribution in [-0.4, -0.2) is 109 Å². The van der Waals surface area contributed by atoms with E-state index in [1.54, 1.807) is 52.7 Å². The minimum atomic E-state index is -1.05. The normalized spacial score (nSPS) is 23.0. The first-order chi connectivity index (χ1) is 30.9. The lowest BCUT2D eigenvalue weighted by Gasteiger charge is -2.43. The lowest BCUT2D eigenvalue weighted by atomic mass is 9.72. The number of nitrogens with zero attached hydrogens (tertiary/aromatic N) is 6. The Morgan fingerprint density at radius 3 is 2.50 bits per heavy atom. The highest BCUT2D eigenvalue weighted by Gasteiger charge is 2.62. The molecule has 1 aliphatic heterocycles. The molecule has 1 amide bonds. The maximum Gasteiger partial charge on any atom is 0.229 e. The number of morpholine rings is 1. The van der Waals surface area contributed by atoms with E-state index in [2.05, 4.69) is 36.6 Å². The molecule has 2 fully saturated rings. The van der Waals surface area contributed by atoms with Crippen LogP contribution in [0.2, 0.25) is 5.02 Å². The van der Waals surface area contributed by atoms with E-state index in [1.807, 2.05) is 24.3 Å². The van der Waals surface area contributed by atoms with E-state index < -0.39 is 11.5 Å². The number of aromatic nitrogens is 4. The summed E-state index contributed by atoms with van der Waals surface area (Å²) in [6.07, 6.45) is 10.4. The Hall–Kier alpha value is -5.55. The van der Waals surface area contributed by atoms with E-state index in [0.29, 0.717) is 64.1 Å². The second-order valence-corrected chi connectivity index (χ2v) is 18.1. The lowest BCUT2D eigenvalue weighted by molar-refractivity contribution is -0.135. The number of amides is 1. The van der Waals surface area contributed by atoms with Gasteiger partial charge in [-0.25, -0.2) is 9.97 Å². The number of nitrogen functional groups attached to an aromatic ring is 2. The second kappa shape index (κ2) is 17.8. The monoisotopic (exact) mass is 912 g/mol. The number of fused-ring (bicyclic) bond motifs is 4. The number of nitrogens with two attached hydrogens (primary N) is 2. The van der Waals surface area contributed by atoms with E-state index in [4.69, 9.17) is 63.0 Å². The quantitative estimate of drug-likeness (QED) is 0.0916. The zero-order valence-corrected chi connectivity index (χ0v) is 38.2. The summed E-state index contributed by atoms with van der Waals surface area (Å²) in [6, 6.07) is 8.55. The summed E-state index contributed by atoms with van der Waals surface area (Å²) in [4.78, 5) is 36.6. The van der Waals surface area contributed by atoms with E-state index >= 15 is 0 Å². The number of rotatable bonds is 13. The fraction of sp³-hybridized carbons (Fsp3) is 0.457. The average molecular weight is 914 g/mol. The maximum atomic E-state index is 14.4. The van der Waals surface area contributed by atoms with Crippen LogP contribution >= 0.6 is 23.2 Å². The van der Waals surface area contributed by atoms with Gasteiger partial charge < -0.3 is 50.4 Å². The molecule has 5 atom stereocenters. The van der Waals surface area contributed by atoms with Crippen molar-refractivity contribution in [1.29, 1.82) is 0 Å². The number of anilines is 5. The topological polar surface area (TPSA) is 201 Å². The SMILES string of the molecule is COc1cc(Cc2cnc(N)nc2N)c2cc(C[C@]3(Nc4nc(Nc5ccc6c(c5OC)CC[C@@H](N5CCOCC5)CC6)ncc4Cl)[C@H]4C[C@H](C=C4Cl)[C@@H]3C(=O)N(C)C)oc2c1OC. The molecule has 6 N–H and O–H groups in total. The molecule has 338 valence electrons. The highest BCUT2D eigenvalue weighted by atomic mass is 35.5. The molecule has 0 radical (unpaired) electrons. The van der Waals surface area contributed by atoms with Crippen molar-refractivity contribution in [3.05, 3.63) is 80.8 Å². The summed E-state index contributed by atoms with van der Waals surface area (Å²) < 4.78 is 30.1. The van der Waals surface area contributed by atoms with Gasteiger partial charge in [0.2, 0.25) is 23.6 Å². The summed E-state index contributed by atoms with van der Waals surface area (Å²) >= 11 is 14.1. The predicted octanol–water partition coefficient (Wildman–Crippen LogP) is 6.64. The molecule has 9 rings (SSSR count). The van der Waals surface area contributed by atoms with Crippen molar-refractivity contribution in [1.82, 2.24) is 29.7 Å². The number of carbonyl (C=O) groups excluding carboxylic acids is 1. The molecular weight excluding hydrogens is 859 g/mol. The molecule has 18 heteroatoms. The number of furan rings is 1. The minimum Gasteiger partial charge on any atom is -0.494 e. The number of benzene rings is 2. The van der Waals surface area contributed by atoms with Gasteiger partial charge in [0.15, 0.2) is 17.2 Å². The third-order valence-electron chi connectivity index (χ3n) is 13.5. The van der Waals surface area contributed by atoms with E-state index in [9.17, 15) is 4.79 Å². The number of hydrogen-bond acceptors (Lipinski definition) is 15. The fourth-order valence-electron chi connectivity index (χ4n) is 10.5. The molecule has 16 nitrogen and oxygen atoms in total. The third-order valence-corrected chi connectivity index (χ3v) is 14.2. The number of nitrogens with one attached hydrogen (secondary N) is 2. The molecule has 3 aromatic heterocycles. The van der Waals surface area contributed by atoms with Gasteiger partial charge in [-0.05, 0) is 72.9 Å². The summed E-state index contributed by atoms with van der Waals surface area (Å²) in [6.45, 7) is 3.49. The van der Waals surface area contributed by atoms with Crippen molar-refractivity contribution >= 4 is 69.3 Å². The van der Waals surface area contributed by atoms with Gasteiger partial charge in [-0.15, -0.1) is 0 Å². The molecule has 5 aromatic rings. The molecule has 2 aromatic carbocycles. The Labute approximate surface area is 382 Å². The van der Waals surface area contributed by atoms with Crippen molar-refractivity contribution in [3.63, 3.8) is 0 Å². The molecule has 4 aliphatic rings. The first-order valence-electron chi connectivity index (χ1n) is 21.6. The molecule has 4 heterocycles. The van der Waals surface area contributed by atoms with Gasteiger partial charge in [-0.3, -0.25) is 9.69 Å². The van der Waals surface area contributed by atoms with Crippen LogP contribution < -0.4 is 36.3 Å². The molecule has 2 bridgehead atoms. The Morgan fingerprint density at radius 1 is 0.984 bits per heavy atom. The van der Waals surface area contributed by atoms with Gasteiger partial charge >= 0.3 is 0 Å². The summed E-state index contributed by atoms with van der Waals surface area (Å²) in [5.74, 6) is 2.13. The Morgan fingerprint density at radius 2 is 1.77 bits per heavy atom. The van der Waals surface area contributed by atoms with Gasteiger partial charge in [0.1, 0.15) is 22.4 Å². The molecule has 1 saturated carbocycles. The molecule has 1 saturated heterocycles. The largest absolute Gasteiger partial charge is 0.494 e. The van der Waals surface area contributed by atoms with Crippen LogP contribution in [0, 0.1) is 17.8 Å². The summed E-state index contributed by atoms with van der Waals surface area (Å²) in [5.41, 5.74) is 16.3. The minimum absolute atomic E-state index is 0.0654.